The second kappa shape index (κ2) is 16.0. The van der Waals surface area contributed by atoms with Crippen molar-refractivity contribution < 1.29 is 90.9 Å². The third-order valence-electron chi connectivity index (χ3n) is 7.39. The Morgan fingerprint density at radius 2 is 1.67 bits per heavy atom. The number of fused-ring (bicyclic) bond motifs is 1. The number of carboxylic acids is 1. The average molecular weight is 676 g/mol. The number of benzene rings is 3. The number of ether oxygens (including phenoxy) is 3. The zero-order valence-corrected chi connectivity index (χ0v) is 29.3. The van der Waals surface area contributed by atoms with E-state index in [1.807, 2.05) is 0 Å². The first-order valence-electron chi connectivity index (χ1n) is 14.4. The predicted octanol–water partition coefficient (Wildman–Crippen LogP) is 4.33. The molecule has 46 heavy (non-hydrogen) atoms. The number of carboxylic acid groups (broad SMARTS) is 1. The molecule has 0 saturated heterocycles. The van der Waals surface area contributed by atoms with E-state index in [0.717, 1.165) is 6.07 Å². The van der Waals surface area contributed by atoms with Crippen molar-refractivity contribution in [2.24, 2.45) is 5.41 Å². The fourth-order valence-electron chi connectivity index (χ4n) is 4.76. The number of hydrogen-bond acceptors (Lipinski definition) is 7. The molecule has 1 fully saturated rings. The van der Waals surface area contributed by atoms with Gasteiger partial charge in [0.1, 0.15) is 11.2 Å². The normalized spacial score (nSPS) is 12.8. The predicted molar refractivity (Wildman–Crippen MR) is 168 cm³/mol. The molecule has 0 aliphatic heterocycles. The summed E-state index contributed by atoms with van der Waals surface area (Å²) in [7, 11) is 1.50. The molecule has 4 aromatic rings. The Labute approximate surface area is 313 Å². The number of aliphatic carboxylic acids is 1. The number of aromatic nitrogens is 1. The van der Waals surface area contributed by atoms with Crippen LogP contribution in [0.2, 0.25) is 5.02 Å². The smallest absolute Gasteiger partial charge is 1.00 e. The van der Waals surface area contributed by atoms with E-state index in [4.69, 9.17) is 30.9 Å². The van der Waals surface area contributed by atoms with Gasteiger partial charge in [0.05, 0.1) is 19.2 Å². The summed E-state index contributed by atoms with van der Waals surface area (Å²) in [4.78, 5) is 41.0. The van der Waals surface area contributed by atoms with Gasteiger partial charge in [-0.1, -0.05) is 17.7 Å². The van der Waals surface area contributed by atoms with Crippen molar-refractivity contribution in [3.8, 4) is 23.0 Å². The first-order chi connectivity index (χ1) is 21.7. The zero-order valence-electron chi connectivity index (χ0n) is 26.4. The van der Waals surface area contributed by atoms with Gasteiger partial charge in [0.2, 0.25) is 11.8 Å². The van der Waals surface area contributed by atoms with Crippen LogP contribution in [0.5, 0.6) is 23.0 Å². The van der Waals surface area contributed by atoms with Crippen molar-refractivity contribution in [1.29, 1.82) is 0 Å². The van der Waals surface area contributed by atoms with Crippen molar-refractivity contribution in [2.75, 3.05) is 24.4 Å². The maximum Gasteiger partial charge on any atom is 1.00 e. The Bertz CT molecular complexity index is 1760. The van der Waals surface area contributed by atoms with Gasteiger partial charge < -0.3 is 31.4 Å². The standard InChI is InChI=1S/C33H31ClFN3O7.K.H/c1-43-28-18-23-25(19-29(28)44-15-4-2-3-8-30(39)40)36-14-11-26(23)45-27-10-9-22(17-24(27)35)38-32(42)33(12-13-33)31(41)37-21-7-5-6-20(34)16-21;;/h5-7,9-11,14,16-19H,2-4,8,12-13,15H2,1H3,(H,37,41)(H,38,42)(H,39,40);;/q;+1;-1. The molecule has 1 aliphatic rings. The molecule has 0 unspecified atom stereocenters. The van der Waals surface area contributed by atoms with E-state index in [0.29, 0.717) is 77.6 Å². The maximum absolute atomic E-state index is 15.2. The molecule has 0 radical (unpaired) electrons. The van der Waals surface area contributed by atoms with Crippen molar-refractivity contribution in [2.45, 2.75) is 38.5 Å². The van der Waals surface area contributed by atoms with Crippen LogP contribution in [0.15, 0.2) is 66.9 Å². The number of amides is 2. The molecule has 0 atom stereocenters. The Morgan fingerprint density at radius 1 is 0.935 bits per heavy atom. The molecule has 5 rings (SSSR count). The summed E-state index contributed by atoms with van der Waals surface area (Å²) in [5.74, 6) is -1.39. The Kier molecular flexibility index (Phi) is 12.4. The number of carbonyl (C=O) groups excluding carboxylic acids is 2. The molecule has 2 amide bonds. The molecule has 0 spiro atoms. The Hall–Kier alpha value is -3.26. The molecular weight excluding hydrogens is 644 g/mol. The molecule has 1 heterocycles. The number of halogens is 2. The van der Waals surface area contributed by atoms with Crippen molar-refractivity contribution in [3.63, 3.8) is 0 Å². The minimum atomic E-state index is -1.24. The van der Waals surface area contributed by atoms with E-state index < -0.39 is 29.0 Å². The third kappa shape index (κ3) is 8.75. The summed E-state index contributed by atoms with van der Waals surface area (Å²) in [6, 6.07) is 15.6. The maximum atomic E-state index is 15.2. The molecule has 1 saturated carbocycles. The number of hydrogen-bond donors (Lipinski definition) is 3. The van der Waals surface area contributed by atoms with Crippen molar-refractivity contribution in [1.82, 2.24) is 4.98 Å². The zero-order chi connectivity index (χ0) is 32.0. The van der Waals surface area contributed by atoms with E-state index in [2.05, 4.69) is 15.6 Å². The molecular formula is C33H32ClFKN3O7. The molecule has 3 N–H and O–H groups in total. The largest absolute Gasteiger partial charge is 1.00 e. The Balaban J connectivity index is 0.00000300. The van der Waals surface area contributed by atoms with E-state index in [9.17, 15) is 14.4 Å². The van der Waals surface area contributed by atoms with Crippen LogP contribution >= 0.6 is 11.6 Å². The van der Waals surface area contributed by atoms with Crippen LogP contribution in [0.25, 0.3) is 10.9 Å². The van der Waals surface area contributed by atoms with Crippen LogP contribution < -0.4 is 76.2 Å². The topological polar surface area (TPSA) is 136 Å². The molecule has 0 bridgehead atoms. The van der Waals surface area contributed by atoms with E-state index >= 15 is 4.39 Å². The number of nitrogens with one attached hydrogen (secondary N) is 2. The van der Waals surface area contributed by atoms with E-state index in [1.165, 1.54) is 25.4 Å². The third-order valence-corrected chi connectivity index (χ3v) is 7.63. The first kappa shape index (κ1) is 35.6. The number of unbranched alkanes of at least 4 members (excludes halogenated alkanes) is 2. The summed E-state index contributed by atoms with van der Waals surface area (Å²) >= 11 is 5.99. The fourth-order valence-corrected chi connectivity index (χ4v) is 4.95. The summed E-state index contributed by atoms with van der Waals surface area (Å²) in [6.45, 7) is 0.374. The minimum absolute atomic E-state index is 0. The fraction of sp³-hybridized carbons (Fsp3) is 0.273. The van der Waals surface area contributed by atoms with Crippen molar-refractivity contribution in [3.05, 3.63) is 77.7 Å². The number of pyridine rings is 1. The van der Waals surface area contributed by atoms with Gasteiger partial charge in [-0.25, -0.2) is 4.39 Å². The number of carbonyl (C=O) groups is 3. The van der Waals surface area contributed by atoms with Gasteiger partial charge in [0.25, 0.3) is 0 Å². The van der Waals surface area contributed by atoms with E-state index in [1.54, 1.807) is 42.5 Å². The van der Waals surface area contributed by atoms with E-state index in [-0.39, 0.29) is 70.7 Å². The van der Waals surface area contributed by atoms with Gasteiger partial charge >= 0.3 is 57.4 Å². The number of anilines is 2. The first-order valence-corrected chi connectivity index (χ1v) is 14.7. The summed E-state index contributed by atoms with van der Waals surface area (Å²) in [5.41, 5.74) is -0.0534. The molecule has 236 valence electrons. The van der Waals surface area contributed by atoms with Crippen LogP contribution in [0.1, 0.15) is 40.0 Å². The van der Waals surface area contributed by atoms with Crippen LogP contribution in [0.3, 0.4) is 0 Å². The van der Waals surface area contributed by atoms with Gasteiger partial charge in [-0.2, -0.15) is 0 Å². The van der Waals surface area contributed by atoms with Gasteiger partial charge in [-0.05, 0) is 74.6 Å². The SMILES string of the molecule is COc1cc2c(Oc3ccc(NC(=O)C4(C(=O)Nc5cccc(Cl)c5)CC4)cc3F)ccnc2cc1OCCCCCC(=O)O.[H-].[K+]. The van der Waals surface area contributed by atoms with Crippen molar-refractivity contribution >= 4 is 51.7 Å². The average Bonchev–Trinajstić information content (AvgIpc) is 3.82. The molecule has 13 heteroatoms. The summed E-state index contributed by atoms with van der Waals surface area (Å²) in [5, 5.41) is 15.2. The molecule has 10 nitrogen and oxygen atoms in total. The van der Waals surface area contributed by atoms with Gasteiger partial charge in [-0.3, -0.25) is 19.4 Å². The summed E-state index contributed by atoms with van der Waals surface area (Å²) in [6.07, 6.45) is 4.35. The Morgan fingerprint density at radius 3 is 2.33 bits per heavy atom. The molecule has 1 aromatic heterocycles. The van der Waals surface area contributed by atoms with Crippen LogP contribution in [-0.4, -0.2) is 41.6 Å². The van der Waals surface area contributed by atoms with Gasteiger partial charge in [0.15, 0.2) is 23.1 Å². The molecule has 3 aromatic carbocycles. The molecule has 1 aliphatic carbocycles. The van der Waals surface area contributed by atoms with Gasteiger partial charge in [-0.15, -0.1) is 0 Å². The number of methoxy groups -OCH3 is 1. The number of nitrogens with zero attached hydrogens (tertiary/aromatic N) is 1. The van der Waals surface area contributed by atoms with Gasteiger partial charge in [0, 0.05) is 46.5 Å². The van der Waals surface area contributed by atoms with Crippen LogP contribution in [-0.2, 0) is 14.4 Å². The van der Waals surface area contributed by atoms with Crippen LogP contribution in [0.4, 0.5) is 15.8 Å². The second-order valence-corrected chi connectivity index (χ2v) is 11.1. The summed E-state index contributed by atoms with van der Waals surface area (Å²) < 4.78 is 32.5. The number of rotatable bonds is 14. The van der Waals surface area contributed by atoms with Crippen LogP contribution in [0, 0.1) is 11.2 Å². The second-order valence-electron chi connectivity index (χ2n) is 10.6. The monoisotopic (exact) mass is 675 g/mol. The minimum Gasteiger partial charge on any atom is -1.00 e. The quantitative estimate of drug-likeness (QED) is 0.102.